The lowest BCUT2D eigenvalue weighted by molar-refractivity contribution is 0.141. The molecule has 1 fully saturated rings. The van der Waals surface area contributed by atoms with E-state index in [1.807, 2.05) is 42.5 Å². The van der Waals surface area contributed by atoms with E-state index >= 15 is 0 Å². The van der Waals surface area contributed by atoms with Crippen molar-refractivity contribution in [1.82, 2.24) is 0 Å². The minimum atomic E-state index is 0.211. The van der Waals surface area contributed by atoms with Gasteiger partial charge in [-0.05, 0) is 11.1 Å². The van der Waals surface area contributed by atoms with Gasteiger partial charge in [0, 0.05) is 0 Å². The van der Waals surface area contributed by atoms with Gasteiger partial charge in [0.25, 0.3) is 0 Å². The number of benzene rings is 2. The standard InChI is InChI=1S/C18H18O2/c1-3-8-15(9-4-1)10-7-13-19-14-17-18(20-17)16-11-5-2-6-12-16/h1-12,17-18H,13-14H2/b10-7+/t17-,18+/m1/s1. The molecular weight excluding hydrogens is 248 g/mol. The molecule has 0 bridgehead atoms. The van der Waals surface area contributed by atoms with E-state index in [0.29, 0.717) is 13.2 Å². The maximum atomic E-state index is 5.62. The quantitative estimate of drug-likeness (QED) is 0.585. The normalized spacial score (nSPS) is 21.2. The summed E-state index contributed by atoms with van der Waals surface area (Å²) in [5.41, 5.74) is 2.43. The van der Waals surface area contributed by atoms with Crippen molar-refractivity contribution >= 4 is 6.08 Å². The average Bonchev–Trinajstić information content (AvgIpc) is 3.28. The summed E-state index contributed by atoms with van der Waals surface area (Å²) in [7, 11) is 0. The van der Waals surface area contributed by atoms with Crippen LogP contribution in [0.3, 0.4) is 0 Å². The summed E-state index contributed by atoms with van der Waals surface area (Å²) in [6, 6.07) is 20.5. The highest BCUT2D eigenvalue weighted by Crippen LogP contribution is 2.38. The van der Waals surface area contributed by atoms with Crippen LogP contribution in [0.4, 0.5) is 0 Å². The summed E-state index contributed by atoms with van der Waals surface area (Å²) in [5.74, 6) is 0. The zero-order valence-electron chi connectivity index (χ0n) is 11.3. The third-order valence-electron chi connectivity index (χ3n) is 3.32. The van der Waals surface area contributed by atoms with E-state index in [9.17, 15) is 0 Å². The highest BCUT2D eigenvalue weighted by atomic mass is 16.6. The van der Waals surface area contributed by atoms with Crippen molar-refractivity contribution in [3.05, 3.63) is 77.9 Å². The molecule has 2 aromatic carbocycles. The van der Waals surface area contributed by atoms with E-state index in [0.717, 1.165) is 0 Å². The average molecular weight is 266 g/mol. The van der Waals surface area contributed by atoms with Crippen LogP contribution in [0, 0.1) is 0 Å². The molecule has 0 unspecified atom stereocenters. The third kappa shape index (κ3) is 3.56. The molecular formula is C18H18O2. The van der Waals surface area contributed by atoms with E-state index in [2.05, 4.69) is 30.3 Å². The second-order valence-corrected chi connectivity index (χ2v) is 4.86. The molecule has 20 heavy (non-hydrogen) atoms. The van der Waals surface area contributed by atoms with Gasteiger partial charge >= 0.3 is 0 Å². The summed E-state index contributed by atoms with van der Waals surface area (Å²) < 4.78 is 11.2. The van der Waals surface area contributed by atoms with Gasteiger partial charge in [0.2, 0.25) is 0 Å². The van der Waals surface area contributed by atoms with Gasteiger partial charge in [0.15, 0.2) is 0 Å². The highest BCUT2D eigenvalue weighted by molar-refractivity contribution is 5.48. The van der Waals surface area contributed by atoms with Crippen LogP contribution in [0.5, 0.6) is 0 Å². The molecule has 0 aromatic heterocycles. The van der Waals surface area contributed by atoms with E-state index in [-0.39, 0.29) is 12.2 Å². The van der Waals surface area contributed by atoms with Crippen molar-refractivity contribution in [1.29, 1.82) is 0 Å². The Morgan fingerprint density at radius 3 is 2.40 bits per heavy atom. The molecule has 0 amide bonds. The predicted octanol–water partition coefficient (Wildman–Crippen LogP) is 3.86. The first kappa shape index (κ1) is 13.1. The van der Waals surface area contributed by atoms with Crippen LogP contribution < -0.4 is 0 Å². The van der Waals surface area contributed by atoms with Crippen LogP contribution in [0.15, 0.2) is 66.7 Å². The Morgan fingerprint density at radius 1 is 0.950 bits per heavy atom. The van der Waals surface area contributed by atoms with Crippen molar-refractivity contribution in [2.45, 2.75) is 12.2 Å². The fourth-order valence-corrected chi connectivity index (χ4v) is 2.21. The van der Waals surface area contributed by atoms with E-state index < -0.39 is 0 Å². The maximum Gasteiger partial charge on any atom is 0.112 e. The molecule has 1 heterocycles. The fourth-order valence-electron chi connectivity index (χ4n) is 2.21. The summed E-state index contributed by atoms with van der Waals surface area (Å²) >= 11 is 0. The van der Waals surface area contributed by atoms with Crippen molar-refractivity contribution in [3.8, 4) is 0 Å². The van der Waals surface area contributed by atoms with Gasteiger partial charge in [0.05, 0.1) is 13.2 Å². The van der Waals surface area contributed by atoms with Crippen LogP contribution in [-0.4, -0.2) is 19.3 Å². The van der Waals surface area contributed by atoms with Crippen LogP contribution in [-0.2, 0) is 9.47 Å². The molecule has 0 spiro atoms. The van der Waals surface area contributed by atoms with Crippen molar-refractivity contribution in [2.24, 2.45) is 0 Å². The molecule has 0 aliphatic carbocycles. The topological polar surface area (TPSA) is 21.8 Å². The molecule has 1 saturated heterocycles. The van der Waals surface area contributed by atoms with Crippen LogP contribution in [0.1, 0.15) is 17.2 Å². The zero-order chi connectivity index (χ0) is 13.6. The van der Waals surface area contributed by atoms with Crippen LogP contribution in [0.25, 0.3) is 6.08 Å². The molecule has 3 rings (SSSR count). The van der Waals surface area contributed by atoms with Crippen LogP contribution in [0.2, 0.25) is 0 Å². The van der Waals surface area contributed by atoms with Gasteiger partial charge in [-0.25, -0.2) is 0 Å². The summed E-state index contributed by atoms with van der Waals surface area (Å²) in [4.78, 5) is 0. The van der Waals surface area contributed by atoms with Gasteiger partial charge in [-0.3, -0.25) is 0 Å². The van der Waals surface area contributed by atoms with Crippen molar-refractivity contribution in [3.63, 3.8) is 0 Å². The lowest BCUT2D eigenvalue weighted by atomic mass is 10.1. The number of ether oxygens (including phenoxy) is 2. The number of epoxide rings is 1. The Kier molecular flexibility index (Phi) is 4.26. The Hall–Kier alpha value is -1.90. The van der Waals surface area contributed by atoms with E-state index in [4.69, 9.17) is 9.47 Å². The second-order valence-electron chi connectivity index (χ2n) is 4.86. The molecule has 1 aliphatic rings. The molecule has 0 saturated carbocycles. The zero-order valence-corrected chi connectivity index (χ0v) is 11.3. The first-order valence-electron chi connectivity index (χ1n) is 6.93. The molecule has 2 atom stereocenters. The largest absolute Gasteiger partial charge is 0.375 e. The Bertz CT molecular complexity index is 548. The Balaban J connectivity index is 1.37. The maximum absolute atomic E-state index is 5.62. The van der Waals surface area contributed by atoms with Gasteiger partial charge in [-0.1, -0.05) is 72.8 Å². The molecule has 102 valence electrons. The molecule has 0 N–H and O–H groups in total. The van der Waals surface area contributed by atoms with Gasteiger partial charge in [-0.15, -0.1) is 0 Å². The van der Waals surface area contributed by atoms with E-state index in [1.165, 1.54) is 11.1 Å². The number of rotatable bonds is 6. The summed E-state index contributed by atoms with van der Waals surface area (Å²) in [6.07, 6.45) is 4.54. The van der Waals surface area contributed by atoms with Crippen molar-refractivity contribution < 1.29 is 9.47 Å². The monoisotopic (exact) mass is 266 g/mol. The molecule has 2 heteroatoms. The summed E-state index contributed by atoms with van der Waals surface area (Å²) in [5, 5.41) is 0. The molecule has 0 radical (unpaired) electrons. The number of hydrogen-bond donors (Lipinski definition) is 0. The highest BCUT2D eigenvalue weighted by Gasteiger charge is 2.39. The van der Waals surface area contributed by atoms with Crippen molar-refractivity contribution in [2.75, 3.05) is 13.2 Å². The Morgan fingerprint density at radius 2 is 1.65 bits per heavy atom. The number of hydrogen-bond acceptors (Lipinski definition) is 2. The fraction of sp³-hybridized carbons (Fsp3) is 0.222. The molecule has 1 aliphatic heterocycles. The molecule has 2 aromatic rings. The first-order chi connectivity index (χ1) is 9.93. The minimum absolute atomic E-state index is 0.211. The summed E-state index contributed by atoms with van der Waals surface area (Å²) in [6.45, 7) is 1.27. The van der Waals surface area contributed by atoms with Gasteiger partial charge < -0.3 is 9.47 Å². The smallest absolute Gasteiger partial charge is 0.112 e. The SMILES string of the molecule is C(=C\c1ccccc1)/COC[C@H]1O[C@H]1c1ccccc1. The lowest BCUT2D eigenvalue weighted by Gasteiger charge is -1.98. The molecule has 2 nitrogen and oxygen atoms in total. The Labute approximate surface area is 119 Å². The predicted molar refractivity (Wildman–Crippen MR) is 80.4 cm³/mol. The van der Waals surface area contributed by atoms with Crippen LogP contribution >= 0.6 is 0 Å². The first-order valence-corrected chi connectivity index (χ1v) is 6.93. The second kappa shape index (κ2) is 6.51. The van der Waals surface area contributed by atoms with Gasteiger partial charge in [-0.2, -0.15) is 0 Å². The van der Waals surface area contributed by atoms with E-state index in [1.54, 1.807) is 0 Å². The lowest BCUT2D eigenvalue weighted by Crippen LogP contribution is -2.02. The minimum Gasteiger partial charge on any atom is -0.375 e. The van der Waals surface area contributed by atoms with Gasteiger partial charge in [0.1, 0.15) is 12.2 Å². The third-order valence-corrected chi connectivity index (χ3v) is 3.32.